The van der Waals surface area contributed by atoms with Gasteiger partial charge < -0.3 is 10.1 Å². The molecule has 0 bridgehead atoms. The van der Waals surface area contributed by atoms with Crippen LogP contribution in [0.25, 0.3) is 16.7 Å². The molecular weight excluding hydrogens is 395 g/mol. The summed E-state index contributed by atoms with van der Waals surface area (Å²) in [5.74, 6) is 0.156. The van der Waals surface area contributed by atoms with E-state index in [1.54, 1.807) is 30.6 Å². The van der Waals surface area contributed by atoms with E-state index < -0.39 is 0 Å². The van der Waals surface area contributed by atoms with Crippen LogP contribution in [0.15, 0.2) is 71.8 Å². The molecule has 0 atom stereocenters. The SMILES string of the molecule is CC(C)NCc1cnc2cc(-n3ccc(OCc4ccc(F)cc4)cc3=O)ccc2n1. The van der Waals surface area contributed by atoms with E-state index in [1.807, 2.05) is 18.2 Å². The van der Waals surface area contributed by atoms with Crippen LogP contribution in [0.1, 0.15) is 25.1 Å². The van der Waals surface area contributed by atoms with E-state index in [2.05, 4.69) is 29.1 Å². The third kappa shape index (κ3) is 5.13. The van der Waals surface area contributed by atoms with E-state index in [0.717, 1.165) is 16.8 Å². The van der Waals surface area contributed by atoms with Crippen molar-refractivity contribution < 1.29 is 9.13 Å². The maximum absolute atomic E-state index is 13.0. The highest BCUT2D eigenvalue weighted by Crippen LogP contribution is 2.17. The molecule has 0 radical (unpaired) electrons. The Hall–Kier alpha value is -3.58. The van der Waals surface area contributed by atoms with Crippen molar-refractivity contribution in [3.05, 3.63) is 94.4 Å². The highest BCUT2D eigenvalue weighted by atomic mass is 19.1. The lowest BCUT2D eigenvalue weighted by atomic mass is 10.2. The zero-order valence-electron chi connectivity index (χ0n) is 17.4. The number of hydrogen-bond acceptors (Lipinski definition) is 5. The topological polar surface area (TPSA) is 69.0 Å². The van der Waals surface area contributed by atoms with Crippen molar-refractivity contribution >= 4 is 11.0 Å². The Morgan fingerprint density at radius 2 is 1.87 bits per heavy atom. The van der Waals surface area contributed by atoms with Gasteiger partial charge in [0.15, 0.2) is 0 Å². The van der Waals surface area contributed by atoms with E-state index in [1.165, 1.54) is 22.8 Å². The van der Waals surface area contributed by atoms with Crippen LogP contribution in [0.3, 0.4) is 0 Å². The van der Waals surface area contributed by atoms with Crippen molar-refractivity contribution in [2.75, 3.05) is 0 Å². The summed E-state index contributed by atoms with van der Waals surface area (Å²) in [4.78, 5) is 21.7. The van der Waals surface area contributed by atoms with Gasteiger partial charge in [-0.25, -0.2) is 9.37 Å². The highest BCUT2D eigenvalue weighted by molar-refractivity contribution is 5.76. The van der Waals surface area contributed by atoms with Gasteiger partial charge in [-0.2, -0.15) is 0 Å². The molecule has 0 aliphatic carbocycles. The van der Waals surface area contributed by atoms with Gasteiger partial charge in [0.25, 0.3) is 5.56 Å². The van der Waals surface area contributed by atoms with Crippen molar-refractivity contribution in [2.24, 2.45) is 0 Å². The van der Waals surface area contributed by atoms with Crippen LogP contribution < -0.4 is 15.6 Å². The Labute approximate surface area is 179 Å². The predicted molar refractivity (Wildman–Crippen MR) is 118 cm³/mol. The molecule has 2 heterocycles. The molecule has 0 aliphatic rings. The average molecular weight is 418 g/mol. The van der Waals surface area contributed by atoms with Gasteiger partial charge in [-0.05, 0) is 42.0 Å². The van der Waals surface area contributed by atoms with Crippen LogP contribution in [0.2, 0.25) is 0 Å². The van der Waals surface area contributed by atoms with Crippen LogP contribution in [-0.2, 0) is 13.2 Å². The van der Waals surface area contributed by atoms with E-state index in [0.29, 0.717) is 29.5 Å². The molecule has 0 saturated carbocycles. The van der Waals surface area contributed by atoms with Crippen molar-refractivity contribution in [1.82, 2.24) is 19.9 Å². The van der Waals surface area contributed by atoms with Crippen LogP contribution in [0.4, 0.5) is 4.39 Å². The molecule has 2 aromatic carbocycles. The highest BCUT2D eigenvalue weighted by Gasteiger charge is 2.07. The number of nitrogens with one attached hydrogen (secondary N) is 1. The largest absolute Gasteiger partial charge is 0.489 e. The molecule has 7 heteroatoms. The van der Waals surface area contributed by atoms with E-state index >= 15 is 0 Å². The Morgan fingerprint density at radius 3 is 2.61 bits per heavy atom. The number of halogens is 1. The Morgan fingerprint density at radius 1 is 1.06 bits per heavy atom. The number of nitrogens with zero attached hydrogens (tertiary/aromatic N) is 3. The average Bonchev–Trinajstić information content (AvgIpc) is 2.77. The second-order valence-corrected chi connectivity index (χ2v) is 7.56. The zero-order chi connectivity index (χ0) is 21.8. The third-order valence-corrected chi connectivity index (χ3v) is 4.76. The normalized spacial score (nSPS) is 11.2. The standard InChI is InChI=1S/C24H23FN4O2/c1-16(2)26-13-19-14-27-23-11-20(7-8-22(23)28-19)29-10-9-21(12-24(29)30)31-15-17-3-5-18(25)6-4-17/h3-12,14,16,26H,13,15H2,1-2H3. The summed E-state index contributed by atoms with van der Waals surface area (Å²) in [7, 11) is 0. The number of fused-ring (bicyclic) bond motifs is 1. The van der Waals surface area contributed by atoms with Gasteiger partial charge in [-0.1, -0.05) is 26.0 Å². The predicted octanol–water partition coefficient (Wildman–Crippen LogP) is 4.00. The van der Waals surface area contributed by atoms with Gasteiger partial charge >= 0.3 is 0 Å². The fraction of sp³-hybridized carbons (Fsp3) is 0.208. The monoisotopic (exact) mass is 418 g/mol. The van der Waals surface area contributed by atoms with Gasteiger partial charge in [-0.15, -0.1) is 0 Å². The van der Waals surface area contributed by atoms with Crippen LogP contribution in [0.5, 0.6) is 5.75 Å². The van der Waals surface area contributed by atoms with Gasteiger partial charge in [0.05, 0.1) is 28.6 Å². The molecule has 2 aromatic heterocycles. The summed E-state index contributed by atoms with van der Waals surface area (Å²) in [6.07, 6.45) is 3.41. The Balaban J connectivity index is 1.51. The van der Waals surface area contributed by atoms with Crippen molar-refractivity contribution in [1.29, 1.82) is 0 Å². The fourth-order valence-electron chi connectivity index (χ4n) is 3.09. The van der Waals surface area contributed by atoms with Crippen molar-refractivity contribution in [3.8, 4) is 11.4 Å². The third-order valence-electron chi connectivity index (χ3n) is 4.76. The van der Waals surface area contributed by atoms with E-state index in [9.17, 15) is 9.18 Å². The van der Waals surface area contributed by atoms with Gasteiger partial charge in [-0.3, -0.25) is 14.3 Å². The minimum Gasteiger partial charge on any atom is -0.489 e. The maximum atomic E-state index is 13.0. The molecule has 0 unspecified atom stereocenters. The summed E-state index contributed by atoms with van der Waals surface area (Å²) in [5, 5.41) is 3.32. The minimum atomic E-state index is -0.296. The van der Waals surface area contributed by atoms with Gasteiger partial charge in [0.1, 0.15) is 18.2 Å². The summed E-state index contributed by atoms with van der Waals surface area (Å²) in [6.45, 7) is 5.07. The van der Waals surface area contributed by atoms with E-state index in [4.69, 9.17) is 4.74 Å². The minimum absolute atomic E-state index is 0.221. The first kappa shape index (κ1) is 20.7. The smallest absolute Gasteiger partial charge is 0.258 e. The van der Waals surface area contributed by atoms with Crippen LogP contribution in [0, 0.1) is 5.82 Å². The number of ether oxygens (including phenoxy) is 1. The molecule has 4 rings (SSSR count). The number of pyridine rings is 1. The fourth-order valence-corrected chi connectivity index (χ4v) is 3.09. The van der Waals surface area contributed by atoms with Gasteiger partial charge in [0.2, 0.25) is 0 Å². The van der Waals surface area contributed by atoms with Crippen molar-refractivity contribution in [2.45, 2.75) is 33.0 Å². The molecule has 0 saturated heterocycles. The molecule has 1 N–H and O–H groups in total. The number of benzene rings is 2. The number of hydrogen-bond donors (Lipinski definition) is 1. The second-order valence-electron chi connectivity index (χ2n) is 7.56. The summed E-state index contributed by atoms with van der Waals surface area (Å²) >= 11 is 0. The van der Waals surface area contributed by atoms with Crippen LogP contribution >= 0.6 is 0 Å². The lowest BCUT2D eigenvalue weighted by Crippen LogP contribution is -2.22. The molecule has 0 aliphatic heterocycles. The first-order chi connectivity index (χ1) is 15.0. The lowest BCUT2D eigenvalue weighted by molar-refractivity contribution is 0.305. The molecular formula is C24H23FN4O2. The first-order valence-corrected chi connectivity index (χ1v) is 10.1. The summed E-state index contributed by atoms with van der Waals surface area (Å²) in [5.41, 5.74) is 3.66. The summed E-state index contributed by atoms with van der Waals surface area (Å²) in [6, 6.07) is 15.1. The van der Waals surface area contributed by atoms with Crippen LogP contribution in [-0.4, -0.2) is 20.6 Å². The Bertz CT molecular complexity index is 1250. The maximum Gasteiger partial charge on any atom is 0.258 e. The molecule has 6 nitrogen and oxygen atoms in total. The summed E-state index contributed by atoms with van der Waals surface area (Å²) < 4.78 is 20.2. The quantitative estimate of drug-likeness (QED) is 0.491. The zero-order valence-corrected chi connectivity index (χ0v) is 17.4. The molecule has 4 aromatic rings. The lowest BCUT2D eigenvalue weighted by Gasteiger charge is -2.10. The van der Waals surface area contributed by atoms with Gasteiger partial charge in [0, 0.05) is 24.8 Å². The molecule has 158 valence electrons. The van der Waals surface area contributed by atoms with Crippen molar-refractivity contribution in [3.63, 3.8) is 0 Å². The number of rotatable bonds is 7. The Kier molecular flexibility index (Phi) is 6.04. The number of aromatic nitrogens is 3. The molecule has 0 fully saturated rings. The second kappa shape index (κ2) is 9.06. The molecule has 0 spiro atoms. The van der Waals surface area contributed by atoms with E-state index in [-0.39, 0.29) is 18.0 Å². The first-order valence-electron chi connectivity index (χ1n) is 10.1. The molecule has 0 amide bonds. The molecule has 31 heavy (non-hydrogen) atoms.